The number of carbonyl (C=O) groups excluding carboxylic acids is 2. The Kier molecular flexibility index (Phi) is 3.40. The molecule has 0 radical (unpaired) electrons. The van der Waals surface area contributed by atoms with Crippen LogP contribution < -0.4 is 5.32 Å². The second-order valence-corrected chi connectivity index (χ2v) is 8.74. The molecule has 0 aromatic carbocycles. The van der Waals surface area contributed by atoms with Gasteiger partial charge in [0, 0.05) is 0 Å². The van der Waals surface area contributed by atoms with Crippen LogP contribution in [0.15, 0.2) is 0 Å². The number of hydrogen-bond acceptors (Lipinski definition) is 4. The van der Waals surface area contributed by atoms with Gasteiger partial charge in [0.05, 0.1) is 17.0 Å². The monoisotopic (exact) mass is 302 g/mol. The lowest BCUT2D eigenvalue weighted by Gasteiger charge is -2.49. The van der Waals surface area contributed by atoms with Gasteiger partial charge >= 0.3 is 0 Å². The molecular formula is C13H22N2O4S. The highest BCUT2D eigenvalue weighted by molar-refractivity contribution is 7.91. The largest absolute Gasteiger partial charge is 0.340 e. The number of sulfone groups is 1. The number of rotatable bonds is 2. The van der Waals surface area contributed by atoms with Crippen molar-refractivity contribution in [2.75, 3.05) is 11.5 Å². The van der Waals surface area contributed by atoms with E-state index < -0.39 is 27.0 Å². The Morgan fingerprint density at radius 2 is 1.90 bits per heavy atom. The molecule has 2 atom stereocenters. The summed E-state index contributed by atoms with van der Waals surface area (Å²) in [5.41, 5.74) is -1.77. The van der Waals surface area contributed by atoms with Gasteiger partial charge in [-0.15, -0.1) is 0 Å². The summed E-state index contributed by atoms with van der Waals surface area (Å²) in [5.74, 6) is -0.400. The minimum atomic E-state index is -3.14. The molecule has 2 rings (SSSR count). The minimum Gasteiger partial charge on any atom is -0.340 e. The molecule has 2 aliphatic heterocycles. The van der Waals surface area contributed by atoms with Crippen LogP contribution in [0.5, 0.6) is 0 Å². The first-order valence-corrected chi connectivity index (χ1v) is 8.71. The van der Waals surface area contributed by atoms with Crippen molar-refractivity contribution in [1.29, 1.82) is 0 Å². The van der Waals surface area contributed by atoms with Crippen LogP contribution in [-0.2, 0) is 19.4 Å². The van der Waals surface area contributed by atoms with Crippen LogP contribution in [0, 0.1) is 0 Å². The second-order valence-electron chi connectivity index (χ2n) is 6.55. The molecule has 2 amide bonds. The summed E-state index contributed by atoms with van der Waals surface area (Å²) in [6, 6.07) is -0.589. The first kappa shape index (κ1) is 15.3. The summed E-state index contributed by atoms with van der Waals surface area (Å²) in [4.78, 5) is 26.4. The SMILES string of the molecule is CCC1C(=O)NC(C)(C)C(=O)N1C1(C)CCS(=O)(=O)C1. The number of carbonyl (C=O) groups is 2. The van der Waals surface area contributed by atoms with E-state index in [-0.39, 0.29) is 23.3 Å². The summed E-state index contributed by atoms with van der Waals surface area (Å²) in [6.45, 7) is 6.90. The van der Waals surface area contributed by atoms with Crippen LogP contribution in [0.4, 0.5) is 0 Å². The fourth-order valence-electron chi connectivity index (χ4n) is 3.18. The minimum absolute atomic E-state index is 0.0639. The van der Waals surface area contributed by atoms with E-state index in [2.05, 4.69) is 5.32 Å². The average Bonchev–Trinajstić information content (AvgIpc) is 2.58. The van der Waals surface area contributed by atoms with Gasteiger partial charge in [-0.2, -0.15) is 0 Å². The van der Waals surface area contributed by atoms with Gasteiger partial charge in [0.2, 0.25) is 11.8 Å². The molecule has 2 aliphatic rings. The first-order chi connectivity index (χ1) is 9.02. The number of nitrogens with one attached hydrogen (secondary N) is 1. The van der Waals surface area contributed by atoms with E-state index in [0.29, 0.717) is 12.8 Å². The molecule has 0 aliphatic carbocycles. The molecule has 0 aromatic heterocycles. The summed E-state index contributed by atoms with van der Waals surface area (Å²) in [5, 5.41) is 2.72. The normalized spacial score (nSPS) is 36.0. The van der Waals surface area contributed by atoms with Crippen LogP contribution in [0.1, 0.15) is 40.5 Å². The highest BCUT2D eigenvalue weighted by atomic mass is 32.2. The fraction of sp³-hybridized carbons (Fsp3) is 0.846. The van der Waals surface area contributed by atoms with Crippen LogP contribution in [0.2, 0.25) is 0 Å². The van der Waals surface area contributed by atoms with Gasteiger partial charge in [-0.05, 0) is 33.6 Å². The molecule has 2 saturated heterocycles. The van der Waals surface area contributed by atoms with Crippen molar-refractivity contribution in [2.45, 2.75) is 57.7 Å². The third kappa shape index (κ3) is 2.32. The van der Waals surface area contributed by atoms with E-state index in [1.165, 1.54) is 4.90 Å². The van der Waals surface area contributed by atoms with Gasteiger partial charge < -0.3 is 10.2 Å². The van der Waals surface area contributed by atoms with Crippen molar-refractivity contribution in [3.05, 3.63) is 0 Å². The maximum absolute atomic E-state index is 12.7. The third-order valence-electron chi connectivity index (χ3n) is 4.25. The molecule has 0 saturated carbocycles. The standard InChI is InChI=1S/C13H22N2O4S/c1-5-9-10(16)14-12(2,3)11(17)15(9)13(4)6-7-20(18,19)8-13/h9H,5-8H2,1-4H3,(H,14,16). The number of hydrogen-bond donors (Lipinski definition) is 1. The molecule has 1 N–H and O–H groups in total. The van der Waals surface area contributed by atoms with Crippen molar-refractivity contribution in [2.24, 2.45) is 0 Å². The summed E-state index contributed by atoms with van der Waals surface area (Å²) in [6.07, 6.45) is 0.865. The fourth-order valence-corrected chi connectivity index (χ4v) is 5.30. The average molecular weight is 302 g/mol. The molecule has 2 heterocycles. The Bertz CT molecular complexity index is 555. The van der Waals surface area contributed by atoms with E-state index in [1.807, 2.05) is 6.92 Å². The van der Waals surface area contributed by atoms with Gasteiger partial charge in [-0.1, -0.05) is 6.92 Å². The molecule has 0 aromatic rings. The maximum atomic E-state index is 12.7. The van der Waals surface area contributed by atoms with E-state index >= 15 is 0 Å². The van der Waals surface area contributed by atoms with E-state index in [0.717, 1.165) is 0 Å². The molecular weight excluding hydrogens is 280 g/mol. The second kappa shape index (κ2) is 4.44. The zero-order valence-corrected chi connectivity index (χ0v) is 13.2. The molecule has 0 bridgehead atoms. The Morgan fingerprint density at radius 1 is 1.30 bits per heavy atom. The van der Waals surface area contributed by atoms with Crippen LogP contribution in [0.3, 0.4) is 0 Å². The van der Waals surface area contributed by atoms with Gasteiger partial charge in [0.25, 0.3) is 0 Å². The van der Waals surface area contributed by atoms with Crippen molar-refractivity contribution < 1.29 is 18.0 Å². The van der Waals surface area contributed by atoms with E-state index in [4.69, 9.17) is 0 Å². The Labute approximate surface area is 119 Å². The predicted octanol–water partition coefficient (Wildman–Crippen LogP) is 0.0792. The molecule has 7 heteroatoms. The van der Waals surface area contributed by atoms with Crippen molar-refractivity contribution in [3.8, 4) is 0 Å². The predicted molar refractivity (Wildman–Crippen MR) is 74.8 cm³/mol. The summed E-state index contributed by atoms with van der Waals surface area (Å²) >= 11 is 0. The zero-order chi connectivity index (χ0) is 15.3. The zero-order valence-electron chi connectivity index (χ0n) is 12.4. The Balaban J connectivity index is 2.45. The molecule has 20 heavy (non-hydrogen) atoms. The quantitative estimate of drug-likeness (QED) is 0.783. The number of amides is 2. The molecule has 0 spiro atoms. The Hall–Kier alpha value is -1.11. The van der Waals surface area contributed by atoms with E-state index in [9.17, 15) is 18.0 Å². The number of nitrogens with zero attached hydrogens (tertiary/aromatic N) is 1. The summed E-state index contributed by atoms with van der Waals surface area (Å²) < 4.78 is 23.6. The van der Waals surface area contributed by atoms with Gasteiger partial charge in [0.1, 0.15) is 11.6 Å². The molecule has 2 fully saturated rings. The molecule has 2 unspecified atom stereocenters. The number of piperazine rings is 1. The maximum Gasteiger partial charge on any atom is 0.248 e. The lowest BCUT2D eigenvalue weighted by molar-refractivity contribution is -0.160. The van der Waals surface area contributed by atoms with Crippen molar-refractivity contribution in [3.63, 3.8) is 0 Å². The smallest absolute Gasteiger partial charge is 0.248 e. The van der Waals surface area contributed by atoms with Crippen LogP contribution in [-0.4, -0.2) is 53.8 Å². The van der Waals surface area contributed by atoms with Crippen molar-refractivity contribution >= 4 is 21.7 Å². The Morgan fingerprint density at radius 3 is 2.35 bits per heavy atom. The van der Waals surface area contributed by atoms with Gasteiger partial charge in [-0.25, -0.2) is 8.42 Å². The molecule has 6 nitrogen and oxygen atoms in total. The summed E-state index contributed by atoms with van der Waals surface area (Å²) in [7, 11) is -3.14. The molecule has 114 valence electrons. The van der Waals surface area contributed by atoms with Gasteiger partial charge in [-0.3, -0.25) is 9.59 Å². The highest BCUT2D eigenvalue weighted by Gasteiger charge is 2.54. The third-order valence-corrected chi connectivity index (χ3v) is 6.14. The van der Waals surface area contributed by atoms with Crippen LogP contribution >= 0.6 is 0 Å². The van der Waals surface area contributed by atoms with Gasteiger partial charge in [0.15, 0.2) is 9.84 Å². The highest BCUT2D eigenvalue weighted by Crippen LogP contribution is 2.35. The topological polar surface area (TPSA) is 83.6 Å². The van der Waals surface area contributed by atoms with Crippen LogP contribution in [0.25, 0.3) is 0 Å². The lowest BCUT2D eigenvalue weighted by atomic mass is 9.88. The van der Waals surface area contributed by atoms with E-state index in [1.54, 1.807) is 20.8 Å². The van der Waals surface area contributed by atoms with Crippen molar-refractivity contribution in [1.82, 2.24) is 10.2 Å². The lowest BCUT2D eigenvalue weighted by Crippen LogP contribution is -2.72. The first-order valence-electron chi connectivity index (χ1n) is 6.89.